The number of allylic oxidation sites excluding steroid dienone is 2. The van der Waals surface area contributed by atoms with E-state index in [1.807, 2.05) is 4.90 Å². The molecular formula is C20H29NO3. The fraction of sp³-hybridized carbons (Fsp3) is 0.800. The maximum atomic E-state index is 12.7. The number of fused-ring (bicyclic) bond motifs is 4. The molecule has 4 bridgehead atoms. The third-order valence-corrected chi connectivity index (χ3v) is 6.65. The minimum atomic E-state index is -0.172. The number of hydrogen-bond donors (Lipinski definition) is 0. The highest BCUT2D eigenvalue weighted by atomic mass is 16.5. The summed E-state index contributed by atoms with van der Waals surface area (Å²) in [4.78, 5) is 27.0. The van der Waals surface area contributed by atoms with Gasteiger partial charge in [-0.05, 0) is 54.8 Å². The molecule has 5 unspecified atom stereocenters. The van der Waals surface area contributed by atoms with E-state index < -0.39 is 0 Å². The van der Waals surface area contributed by atoms with Crippen LogP contribution >= 0.6 is 0 Å². The number of carbonyl (C=O) groups is 2. The van der Waals surface area contributed by atoms with Crippen molar-refractivity contribution in [1.29, 1.82) is 0 Å². The Balaban J connectivity index is 1.34. The molecule has 0 spiro atoms. The summed E-state index contributed by atoms with van der Waals surface area (Å²) in [6, 6.07) is 0.315. The second-order valence-electron chi connectivity index (χ2n) is 9.73. The molecule has 3 aliphatic carbocycles. The summed E-state index contributed by atoms with van der Waals surface area (Å²) in [7, 11) is 0. The summed E-state index contributed by atoms with van der Waals surface area (Å²) < 4.78 is 5.42. The molecule has 1 amide bonds. The Morgan fingerprint density at radius 3 is 2.62 bits per heavy atom. The van der Waals surface area contributed by atoms with Gasteiger partial charge in [-0.3, -0.25) is 9.59 Å². The first-order valence-corrected chi connectivity index (χ1v) is 9.39. The van der Waals surface area contributed by atoms with E-state index in [-0.39, 0.29) is 29.8 Å². The Bertz CT molecular complexity index is 596. The van der Waals surface area contributed by atoms with Crippen LogP contribution in [0.25, 0.3) is 0 Å². The van der Waals surface area contributed by atoms with Crippen molar-refractivity contribution in [1.82, 2.24) is 4.90 Å². The Morgan fingerprint density at radius 2 is 1.96 bits per heavy atom. The minimum Gasteiger partial charge on any atom is -0.455 e. The summed E-state index contributed by atoms with van der Waals surface area (Å²) in [6.07, 6.45) is 9.65. The highest BCUT2D eigenvalue weighted by Gasteiger charge is 2.51. The predicted molar refractivity (Wildman–Crippen MR) is 91.0 cm³/mol. The van der Waals surface area contributed by atoms with Crippen LogP contribution in [0.5, 0.6) is 0 Å². The topological polar surface area (TPSA) is 46.6 Å². The Labute approximate surface area is 144 Å². The van der Waals surface area contributed by atoms with Gasteiger partial charge in [-0.2, -0.15) is 0 Å². The van der Waals surface area contributed by atoms with Crippen molar-refractivity contribution in [3.63, 3.8) is 0 Å². The van der Waals surface area contributed by atoms with Crippen LogP contribution in [0, 0.1) is 28.6 Å². The highest BCUT2D eigenvalue weighted by molar-refractivity contribution is 5.82. The SMILES string of the molecule is CC1(C)CC2CC(C)(CN2C(=O)COC(=O)C2CC3C=CC2C3)C1. The molecule has 4 aliphatic rings. The Kier molecular flexibility index (Phi) is 3.59. The first kappa shape index (κ1) is 16.2. The number of carbonyl (C=O) groups excluding carboxylic acids is 2. The van der Waals surface area contributed by atoms with Gasteiger partial charge in [0, 0.05) is 12.6 Å². The van der Waals surface area contributed by atoms with Crippen molar-refractivity contribution >= 4 is 11.9 Å². The standard InChI is InChI=1S/C20H29NO3/c1-19(2)8-15-9-20(3,11-19)12-21(15)17(22)10-24-18(23)16-7-13-4-5-14(16)6-13/h4-5,13-16H,6-12H2,1-3H3. The quantitative estimate of drug-likeness (QED) is 0.589. The van der Waals surface area contributed by atoms with Crippen molar-refractivity contribution in [2.24, 2.45) is 28.6 Å². The number of esters is 1. The Hall–Kier alpha value is -1.32. The van der Waals surface area contributed by atoms with Gasteiger partial charge in [0.05, 0.1) is 5.92 Å². The largest absolute Gasteiger partial charge is 0.455 e. The fourth-order valence-electron chi connectivity index (χ4n) is 6.13. The average Bonchev–Trinajstić information content (AvgIpc) is 3.16. The zero-order valence-electron chi connectivity index (χ0n) is 15.1. The first-order valence-electron chi connectivity index (χ1n) is 9.39. The van der Waals surface area contributed by atoms with Gasteiger partial charge in [0.2, 0.25) is 0 Å². The molecule has 1 heterocycles. The van der Waals surface area contributed by atoms with Gasteiger partial charge in [-0.25, -0.2) is 0 Å². The monoisotopic (exact) mass is 331 g/mol. The summed E-state index contributed by atoms with van der Waals surface area (Å²) in [5.74, 6) is 0.677. The lowest BCUT2D eigenvalue weighted by atomic mass is 9.65. The average molecular weight is 331 g/mol. The molecule has 132 valence electrons. The van der Waals surface area contributed by atoms with E-state index in [2.05, 4.69) is 32.9 Å². The van der Waals surface area contributed by atoms with Crippen LogP contribution in [0.2, 0.25) is 0 Å². The zero-order chi connectivity index (χ0) is 17.1. The molecule has 0 radical (unpaired) electrons. The first-order chi connectivity index (χ1) is 11.2. The van der Waals surface area contributed by atoms with Crippen molar-refractivity contribution in [2.45, 2.75) is 58.9 Å². The molecule has 2 saturated carbocycles. The molecule has 5 atom stereocenters. The fourth-order valence-corrected chi connectivity index (χ4v) is 6.13. The second-order valence-corrected chi connectivity index (χ2v) is 9.73. The predicted octanol–water partition coefficient (Wildman–Crippen LogP) is 3.17. The van der Waals surface area contributed by atoms with E-state index in [0.29, 0.717) is 23.3 Å². The summed E-state index contributed by atoms with van der Waals surface area (Å²) in [6.45, 7) is 7.63. The summed E-state index contributed by atoms with van der Waals surface area (Å²) in [5.41, 5.74) is 0.514. The lowest BCUT2D eigenvalue weighted by molar-refractivity contribution is -0.156. The van der Waals surface area contributed by atoms with Crippen LogP contribution in [0.3, 0.4) is 0 Å². The number of ether oxygens (including phenoxy) is 1. The van der Waals surface area contributed by atoms with Crippen LogP contribution in [0.1, 0.15) is 52.9 Å². The minimum absolute atomic E-state index is 0.00604. The van der Waals surface area contributed by atoms with E-state index >= 15 is 0 Å². The second kappa shape index (κ2) is 5.34. The molecule has 1 saturated heterocycles. The highest BCUT2D eigenvalue weighted by Crippen LogP contribution is 2.52. The van der Waals surface area contributed by atoms with E-state index in [0.717, 1.165) is 38.6 Å². The van der Waals surface area contributed by atoms with Gasteiger partial charge in [0.1, 0.15) is 0 Å². The maximum absolute atomic E-state index is 12.7. The molecule has 0 aromatic heterocycles. The number of likely N-dealkylation sites (tertiary alicyclic amines) is 1. The molecule has 0 aromatic carbocycles. The van der Waals surface area contributed by atoms with Gasteiger partial charge in [-0.15, -0.1) is 0 Å². The molecule has 4 nitrogen and oxygen atoms in total. The van der Waals surface area contributed by atoms with Crippen LogP contribution in [-0.4, -0.2) is 36.0 Å². The van der Waals surface area contributed by atoms with Gasteiger partial charge in [0.25, 0.3) is 5.91 Å². The van der Waals surface area contributed by atoms with Gasteiger partial charge < -0.3 is 9.64 Å². The van der Waals surface area contributed by atoms with E-state index in [9.17, 15) is 9.59 Å². The van der Waals surface area contributed by atoms with Crippen molar-refractivity contribution in [3.8, 4) is 0 Å². The molecule has 1 aliphatic heterocycles. The molecule has 3 fully saturated rings. The number of hydrogen-bond acceptors (Lipinski definition) is 3. The normalized spacial score (nSPS) is 41.7. The van der Waals surface area contributed by atoms with Crippen molar-refractivity contribution in [2.75, 3.05) is 13.2 Å². The number of amides is 1. The molecule has 24 heavy (non-hydrogen) atoms. The smallest absolute Gasteiger partial charge is 0.310 e. The van der Waals surface area contributed by atoms with Crippen LogP contribution < -0.4 is 0 Å². The number of nitrogens with zero attached hydrogens (tertiary/aromatic N) is 1. The third kappa shape index (κ3) is 2.78. The molecular weight excluding hydrogens is 302 g/mol. The molecule has 0 N–H and O–H groups in total. The lowest BCUT2D eigenvalue weighted by Gasteiger charge is -2.39. The van der Waals surface area contributed by atoms with Crippen molar-refractivity contribution in [3.05, 3.63) is 12.2 Å². The summed E-state index contributed by atoms with van der Waals surface area (Å²) >= 11 is 0. The lowest BCUT2D eigenvalue weighted by Crippen LogP contribution is -2.40. The Morgan fingerprint density at radius 1 is 1.17 bits per heavy atom. The van der Waals surface area contributed by atoms with Crippen LogP contribution in [0.15, 0.2) is 12.2 Å². The molecule has 4 heteroatoms. The zero-order valence-corrected chi connectivity index (χ0v) is 15.1. The van der Waals surface area contributed by atoms with E-state index in [4.69, 9.17) is 4.74 Å². The van der Waals surface area contributed by atoms with E-state index in [1.54, 1.807) is 0 Å². The summed E-state index contributed by atoms with van der Waals surface area (Å²) in [5, 5.41) is 0. The maximum Gasteiger partial charge on any atom is 0.310 e. The van der Waals surface area contributed by atoms with Crippen molar-refractivity contribution < 1.29 is 14.3 Å². The van der Waals surface area contributed by atoms with E-state index in [1.165, 1.54) is 0 Å². The van der Waals surface area contributed by atoms with Gasteiger partial charge in [0.15, 0.2) is 6.61 Å². The third-order valence-electron chi connectivity index (χ3n) is 6.65. The molecule has 0 aromatic rings. The van der Waals surface area contributed by atoms with Crippen LogP contribution in [0.4, 0.5) is 0 Å². The van der Waals surface area contributed by atoms with Crippen LogP contribution in [-0.2, 0) is 14.3 Å². The van der Waals surface area contributed by atoms with Gasteiger partial charge in [-0.1, -0.05) is 32.9 Å². The molecule has 4 rings (SSSR count). The van der Waals surface area contributed by atoms with Gasteiger partial charge >= 0.3 is 5.97 Å². The number of rotatable bonds is 3.